The molecule has 18 heavy (non-hydrogen) atoms. The van der Waals surface area contributed by atoms with Gasteiger partial charge in [0.2, 0.25) is 5.96 Å². The molecule has 1 aromatic carbocycles. The summed E-state index contributed by atoms with van der Waals surface area (Å²) < 4.78 is 5.80. The van der Waals surface area contributed by atoms with Crippen molar-refractivity contribution in [1.82, 2.24) is 5.43 Å². The van der Waals surface area contributed by atoms with E-state index in [0.29, 0.717) is 24.1 Å². The number of nitrogens with one attached hydrogen (secondary N) is 2. The van der Waals surface area contributed by atoms with Crippen molar-refractivity contribution in [2.24, 2.45) is 10.8 Å². The molecule has 0 aliphatic carbocycles. The lowest BCUT2D eigenvalue weighted by Gasteiger charge is -2.12. The van der Waals surface area contributed by atoms with Gasteiger partial charge in [0.1, 0.15) is 0 Å². The summed E-state index contributed by atoms with van der Waals surface area (Å²) in [6, 6.07) is 3.73. The summed E-state index contributed by atoms with van der Waals surface area (Å²) in [7, 11) is 1.62. The molecule has 0 radical (unpaired) electrons. The number of guanidine groups is 1. The predicted molar refractivity (Wildman–Crippen MR) is 79.0 cm³/mol. The molecule has 0 heterocycles. The third-order valence-electron chi connectivity index (χ3n) is 2.20. The highest BCUT2D eigenvalue weighted by Crippen LogP contribution is 2.28. The van der Waals surface area contributed by atoms with Gasteiger partial charge in [-0.05, 0) is 40.5 Å². The van der Waals surface area contributed by atoms with E-state index in [1.165, 1.54) is 0 Å². The zero-order chi connectivity index (χ0) is 13.5. The second-order valence-corrected chi connectivity index (χ2v) is 4.84. The van der Waals surface area contributed by atoms with E-state index in [1.54, 1.807) is 7.11 Å². The van der Waals surface area contributed by atoms with Crippen molar-refractivity contribution in [2.75, 3.05) is 25.6 Å². The largest absolute Gasteiger partial charge is 0.383 e. The Morgan fingerprint density at radius 1 is 1.56 bits per heavy atom. The highest BCUT2D eigenvalue weighted by atomic mass is 79.9. The van der Waals surface area contributed by atoms with Crippen molar-refractivity contribution in [3.05, 3.63) is 27.2 Å². The lowest BCUT2D eigenvalue weighted by molar-refractivity contribution is 0.208. The molecule has 0 fully saturated rings. The van der Waals surface area contributed by atoms with Crippen LogP contribution in [0.15, 0.2) is 21.6 Å². The van der Waals surface area contributed by atoms with Crippen LogP contribution in [0.1, 0.15) is 5.56 Å². The van der Waals surface area contributed by atoms with Crippen LogP contribution >= 0.6 is 27.5 Å². The molecule has 0 aliphatic heterocycles. The number of hydrazine groups is 1. The molecule has 0 saturated carbocycles. The maximum atomic E-state index is 6.07. The van der Waals surface area contributed by atoms with Crippen LogP contribution in [0.2, 0.25) is 5.02 Å². The Morgan fingerprint density at radius 3 is 2.89 bits per heavy atom. The number of aryl methyl sites for hydroxylation is 1. The summed E-state index contributed by atoms with van der Waals surface area (Å²) in [5.41, 5.74) is 4.27. The summed E-state index contributed by atoms with van der Waals surface area (Å²) in [6.07, 6.45) is 0. The van der Waals surface area contributed by atoms with Gasteiger partial charge in [0, 0.05) is 16.6 Å². The van der Waals surface area contributed by atoms with Crippen molar-refractivity contribution in [2.45, 2.75) is 6.92 Å². The molecule has 100 valence electrons. The predicted octanol–water partition coefficient (Wildman–Crippen LogP) is 2.29. The number of hydrogen-bond acceptors (Lipinski definition) is 3. The minimum Gasteiger partial charge on any atom is -0.383 e. The zero-order valence-corrected chi connectivity index (χ0v) is 12.6. The number of halogens is 2. The van der Waals surface area contributed by atoms with Crippen LogP contribution in [0, 0.1) is 6.92 Å². The lowest BCUT2D eigenvalue weighted by Crippen LogP contribution is -2.36. The Labute approximate surface area is 120 Å². The minimum atomic E-state index is 0.452. The van der Waals surface area contributed by atoms with Gasteiger partial charge < -0.3 is 10.1 Å². The third-order valence-corrected chi connectivity index (χ3v) is 3.27. The molecule has 4 N–H and O–H groups in total. The second kappa shape index (κ2) is 7.58. The number of nitrogens with zero attached hydrogens (tertiary/aromatic N) is 1. The maximum Gasteiger partial charge on any atom is 0.210 e. The molecule has 0 bridgehead atoms. The number of ether oxygens (including phenoxy) is 1. The van der Waals surface area contributed by atoms with E-state index in [9.17, 15) is 0 Å². The van der Waals surface area contributed by atoms with Gasteiger partial charge >= 0.3 is 0 Å². The number of benzene rings is 1. The fraction of sp³-hybridized carbons (Fsp3) is 0.364. The molecule has 1 rings (SSSR count). The Balaban J connectivity index is 2.81. The van der Waals surface area contributed by atoms with Gasteiger partial charge in [-0.3, -0.25) is 5.43 Å². The second-order valence-electron chi connectivity index (χ2n) is 3.57. The Hall–Kier alpha value is -0.820. The van der Waals surface area contributed by atoms with Crippen LogP contribution in [0.3, 0.4) is 0 Å². The average molecular weight is 336 g/mol. The van der Waals surface area contributed by atoms with Gasteiger partial charge in [0.25, 0.3) is 0 Å². The Bertz CT molecular complexity index is 439. The van der Waals surface area contributed by atoms with Crippen LogP contribution in [-0.4, -0.2) is 26.2 Å². The van der Waals surface area contributed by atoms with Crippen LogP contribution < -0.4 is 16.6 Å². The topological polar surface area (TPSA) is 71.7 Å². The normalized spacial score (nSPS) is 11.5. The van der Waals surface area contributed by atoms with E-state index in [4.69, 9.17) is 22.2 Å². The first-order valence-electron chi connectivity index (χ1n) is 5.31. The summed E-state index contributed by atoms with van der Waals surface area (Å²) >= 11 is 9.52. The third kappa shape index (κ3) is 4.45. The van der Waals surface area contributed by atoms with Crippen LogP contribution in [0.4, 0.5) is 5.69 Å². The van der Waals surface area contributed by atoms with E-state index < -0.39 is 0 Å². The smallest absolute Gasteiger partial charge is 0.210 e. The van der Waals surface area contributed by atoms with Crippen molar-refractivity contribution < 1.29 is 4.74 Å². The van der Waals surface area contributed by atoms with Crippen LogP contribution in [0.5, 0.6) is 0 Å². The molecule has 0 atom stereocenters. The summed E-state index contributed by atoms with van der Waals surface area (Å²) in [6.45, 7) is 2.98. The number of methoxy groups -OCH3 is 1. The average Bonchev–Trinajstić information content (AvgIpc) is 2.34. The van der Waals surface area contributed by atoms with Crippen LogP contribution in [-0.2, 0) is 4.74 Å². The molecule has 1 aromatic rings. The molecule has 0 saturated heterocycles. The minimum absolute atomic E-state index is 0.452. The van der Waals surface area contributed by atoms with Gasteiger partial charge in [-0.15, -0.1) is 0 Å². The van der Waals surface area contributed by atoms with Crippen molar-refractivity contribution in [3.8, 4) is 0 Å². The summed E-state index contributed by atoms with van der Waals surface area (Å²) in [4.78, 5) is 4.20. The summed E-state index contributed by atoms with van der Waals surface area (Å²) in [5.74, 6) is 5.84. The van der Waals surface area contributed by atoms with E-state index in [2.05, 4.69) is 31.7 Å². The van der Waals surface area contributed by atoms with Gasteiger partial charge in [-0.1, -0.05) is 11.6 Å². The number of aliphatic imine (C=N–C) groups is 1. The highest BCUT2D eigenvalue weighted by Gasteiger charge is 2.06. The first-order chi connectivity index (χ1) is 8.58. The van der Waals surface area contributed by atoms with E-state index in [1.807, 2.05) is 19.1 Å². The van der Waals surface area contributed by atoms with Crippen LogP contribution in [0.25, 0.3) is 0 Å². The zero-order valence-electron chi connectivity index (χ0n) is 10.3. The van der Waals surface area contributed by atoms with E-state index >= 15 is 0 Å². The number of hydrogen-bond donors (Lipinski definition) is 3. The van der Waals surface area contributed by atoms with Gasteiger partial charge in [0.05, 0.1) is 18.8 Å². The van der Waals surface area contributed by atoms with E-state index in [-0.39, 0.29) is 0 Å². The fourth-order valence-electron chi connectivity index (χ4n) is 1.24. The molecule has 5 nitrogen and oxygen atoms in total. The van der Waals surface area contributed by atoms with Gasteiger partial charge in [-0.2, -0.15) is 0 Å². The molecule has 0 spiro atoms. The number of rotatable bonds is 4. The first kappa shape index (κ1) is 15.2. The summed E-state index contributed by atoms with van der Waals surface area (Å²) in [5, 5.41) is 3.73. The number of anilines is 1. The fourth-order valence-corrected chi connectivity index (χ4v) is 1.96. The molecule has 0 unspecified atom stereocenters. The molecule has 0 aromatic heterocycles. The Kier molecular flexibility index (Phi) is 6.42. The highest BCUT2D eigenvalue weighted by molar-refractivity contribution is 9.10. The van der Waals surface area contributed by atoms with Crippen molar-refractivity contribution >= 4 is 39.2 Å². The monoisotopic (exact) mass is 334 g/mol. The molecular formula is C11H16BrClN4O. The van der Waals surface area contributed by atoms with Crippen molar-refractivity contribution in [3.63, 3.8) is 0 Å². The van der Waals surface area contributed by atoms with E-state index in [0.717, 1.165) is 15.7 Å². The molecule has 0 aliphatic rings. The standard InChI is InChI=1S/C11H16BrClN4O/c1-7-5-8(12)10(6-9(7)13)16-11(17-14)15-3-4-18-2/h5-6H,3-4,14H2,1-2H3,(H2,15,16,17). The number of nitrogens with two attached hydrogens (primary N) is 1. The van der Waals surface area contributed by atoms with Gasteiger partial charge in [0.15, 0.2) is 0 Å². The quantitative estimate of drug-likeness (QED) is 0.259. The van der Waals surface area contributed by atoms with Crippen molar-refractivity contribution in [1.29, 1.82) is 0 Å². The SMILES string of the molecule is COCCN=C(NN)Nc1cc(Cl)c(C)cc1Br. The maximum absolute atomic E-state index is 6.07. The molecular weight excluding hydrogens is 320 g/mol. The molecule has 7 heteroatoms. The Morgan fingerprint density at radius 2 is 2.28 bits per heavy atom. The molecule has 0 amide bonds. The lowest BCUT2D eigenvalue weighted by atomic mass is 10.2. The first-order valence-corrected chi connectivity index (χ1v) is 6.48. The van der Waals surface area contributed by atoms with Gasteiger partial charge in [-0.25, -0.2) is 10.8 Å².